The van der Waals surface area contributed by atoms with E-state index in [0.717, 1.165) is 6.07 Å². The van der Waals surface area contributed by atoms with E-state index in [9.17, 15) is 22.4 Å². The summed E-state index contributed by atoms with van der Waals surface area (Å²) in [5.74, 6) is -2.15. The number of benzene rings is 2. The smallest absolute Gasteiger partial charge is 0.289 e. The Morgan fingerprint density at radius 2 is 1.76 bits per heavy atom. The van der Waals surface area contributed by atoms with Crippen molar-refractivity contribution >= 4 is 33.3 Å². The van der Waals surface area contributed by atoms with Gasteiger partial charge in [0.1, 0.15) is 5.82 Å². The van der Waals surface area contributed by atoms with E-state index < -0.39 is 23.3 Å². The molecule has 0 unspecified atom stereocenters. The second-order valence-electron chi connectivity index (χ2n) is 4.15. The Kier molecular flexibility index (Phi) is 4.39. The molecule has 21 heavy (non-hydrogen) atoms. The van der Waals surface area contributed by atoms with Gasteiger partial charge in [-0.25, -0.2) is 4.39 Å². The highest BCUT2D eigenvalue weighted by Gasteiger charge is 2.34. The standard InChI is InChI=1S/C14H6BrClF4O/c15-8-2-3-11(16)9(6-8)13(21)7-1-4-12(17)10(5-7)14(18,19)20/h1-6H. The van der Waals surface area contributed by atoms with E-state index in [1.165, 1.54) is 12.1 Å². The van der Waals surface area contributed by atoms with Crippen LogP contribution in [-0.4, -0.2) is 5.78 Å². The molecule has 0 saturated carbocycles. The van der Waals surface area contributed by atoms with Gasteiger partial charge in [0.25, 0.3) is 0 Å². The normalized spacial score (nSPS) is 11.5. The van der Waals surface area contributed by atoms with Crippen LogP contribution in [0.3, 0.4) is 0 Å². The minimum absolute atomic E-state index is 0.0331. The van der Waals surface area contributed by atoms with Crippen LogP contribution in [0.1, 0.15) is 21.5 Å². The molecular weight excluding hydrogens is 376 g/mol. The van der Waals surface area contributed by atoms with Gasteiger partial charge in [0.15, 0.2) is 5.78 Å². The van der Waals surface area contributed by atoms with Crippen molar-refractivity contribution in [2.24, 2.45) is 0 Å². The van der Waals surface area contributed by atoms with Crippen LogP contribution < -0.4 is 0 Å². The number of hydrogen-bond donors (Lipinski definition) is 0. The predicted molar refractivity (Wildman–Crippen MR) is 74.0 cm³/mol. The maximum absolute atomic E-state index is 13.2. The zero-order valence-corrected chi connectivity index (χ0v) is 12.5. The molecule has 110 valence electrons. The van der Waals surface area contributed by atoms with Gasteiger partial charge in [-0.15, -0.1) is 0 Å². The minimum Gasteiger partial charge on any atom is -0.289 e. The van der Waals surface area contributed by atoms with Gasteiger partial charge in [0.2, 0.25) is 0 Å². The highest BCUT2D eigenvalue weighted by atomic mass is 79.9. The second-order valence-corrected chi connectivity index (χ2v) is 5.47. The molecule has 7 heteroatoms. The van der Waals surface area contributed by atoms with Crippen LogP contribution in [0.15, 0.2) is 40.9 Å². The summed E-state index contributed by atoms with van der Waals surface area (Å²) < 4.78 is 51.7. The van der Waals surface area contributed by atoms with E-state index >= 15 is 0 Å². The molecular formula is C14H6BrClF4O. The number of carbonyl (C=O) groups is 1. The van der Waals surface area contributed by atoms with Gasteiger partial charge in [-0.05, 0) is 36.4 Å². The molecule has 0 atom stereocenters. The monoisotopic (exact) mass is 380 g/mol. The molecule has 0 heterocycles. The fourth-order valence-electron chi connectivity index (χ4n) is 1.71. The summed E-state index contributed by atoms with van der Waals surface area (Å²) in [5, 5.41) is 0.0982. The Hall–Kier alpha value is -1.40. The first kappa shape index (κ1) is 16.0. The van der Waals surface area contributed by atoms with Gasteiger partial charge >= 0.3 is 6.18 Å². The molecule has 2 aromatic carbocycles. The maximum atomic E-state index is 13.2. The highest BCUT2D eigenvalue weighted by molar-refractivity contribution is 9.10. The lowest BCUT2D eigenvalue weighted by Crippen LogP contribution is -2.11. The van der Waals surface area contributed by atoms with E-state index in [-0.39, 0.29) is 16.1 Å². The lowest BCUT2D eigenvalue weighted by atomic mass is 10.0. The third-order valence-electron chi connectivity index (χ3n) is 2.71. The van der Waals surface area contributed by atoms with Crippen LogP contribution in [0.25, 0.3) is 0 Å². The Morgan fingerprint density at radius 3 is 2.38 bits per heavy atom. The van der Waals surface area contributed by atoms with Crippen LogP contribution in [-0.2, 0) is 6.18 Å². The zero-order valence-electron chi connectivity index (χ0n) is 10.1. The van der Waals surface area contributed by atoms with Gasteiger partial charge in [-0.3, -0.25) is 4.79 Å². The van der Waals surface area contributed by atoms with E-state index in [1.807, 2.05) is 0 Å². The molecule has 2 rings (SSSR count). The molecule has 0 bridgehead atoms. The fraction of sp³-hybridized carbons (Fsp3) is 0.0714. The second kappa shape index (κ2) is 5.77. The Labute approximate surface area is 130 Å². The number of halogens is 6. The van der Waals surface area contributed by atoms with E-state index in [0.29, 0.717) is 16.6 Å². The summed E-state index contributed by atoms with van der Waals surface area (Å²) in [4.78, 5) is 12.2. The molecule has 1 nitrogen and oxygen atoms in total. The third-order valence-corrected chi connectivity index (χ3v) is 3.53. The Morgan fingerprint density at radius 1 is 1.10 bits per heavy atom. The third kappa shape index (κ3) is 3.44. The maximum Gasteiger partial charge on any atom is 0.419 e. The first-order valence-corrected chi connectivity index (χ1v) is 6.74. The van der Waals surface area contributed by atoms with E-state index in [4.69, 9.17) is 11.6 Å². The molecule has 0 aliphatic heterocycles. The molecule has 0 aromatic heterocycles. The Bertz CT molecular complexity index is 713. The Balaban J connectivity index is 2.52. The van der Waals surface area contributed by atoms with Crippen molar-refractivity contribution in [2.45, 2.75) is 6.18 Å². The van der Waals surface area contributed by atoms with Crippen LogP contribution in [0, 0.1) is 5.82 Å². The molecule has 0 amide bonds. The van der Waals surface area contributed by atoms with Gasteiger partial charge < -0.3 is 0 Å². The van der Waals surface area contributed by atoms with Crippen molar-refractivity contribution < 1.29 is 22.4 Å². The molecule has 0 spiro atoms. The highest BCUT2D eigenvalue weighted by Crippen LogP contribution is 2.33. The average Bonchev–Trinajstić information content (AvgIpc) is 2.40. The topological polar surface area (TPSA) is 17.1 Å². The van der Waals surface area contributed by atoms with Gasteiger partial charge in [0.05, 0.1) is 10.6 Å². The molecule has 0 saturated heterocycles. The number of ketones is 1. The van der Waals surface area contributed by atoms with Crippen LogP contribution in [0.5, 0.6) is 0 Å². The molecule has 0 fully saturated rings. The van der Waals surface area contributed by atoms with Crippen molar-refractivity contribution in [1.29, 1.82) is 0 Å². The summed E-state index contributed by atoms with van der Waals surface area (Å²) in [5.41, 5.74) is -1.74. The van der Waals surface area contributed by atoms with Crippen molar-refractivity contribution in [3.8, 4) is 0 Å². The lowest BCUT2D eigenvalue weighted by Gasteiger charge is -2.10. The first-order chi connectivity index (χ1) is 9.70. The summed E-state index contributed by atoms with van der Waals surface area (Å²) in [6.45, 7) is 0. The minimum atomic E-state index is -4.87. The summed E-state index contributed by atoms with van der Waals surface area (Å²) in [6.07, 6.45) is -4.87. The summed E-state index contributed by atoms with van der Waals surface area (Å²) in [7, 11) is 0. The first-order valence-electron chi connectivity index (χ1n) is 5.56. The van der Waals surface area contributed by atoms with Crippen molar-refractivity contribution in [2.75, 3.05) is 0 Å². The van der Waals surface area contributed by atoms with Gasteiger partial charge in [-0.1, -0.05) is 27.5 Å². The molecule has 0 aliphatic carbocycles. The van der Waals surface area contributed by atoms with Crippen LogP contribution >= 0.6 is 27.5 Å². The molecule has 2 aromatic rings. The molecule has 0 N–H and O–H groups in total. The van der Waals surface area contributed by atoms with Crippen LogP contribution in [0.4, 0.5) is 17.6 Å². The fourth-order valence-corrected chi connectivity index (χ4v) is 2.28. The van der Waals surface area contributed by atoms with Crippen molar-refractivity contribution in [3.05, 3.63) is 68.4 Å². The van der Waals surface area contributed by atoms with Gasteiger partial charge in [-0.2, -0.15) is 13.2 Å². The summed E-state index contributed by atoms with van der Waals surface area (Å²) in [6, 6.07) is 6.50. The quantitative estimate of drug-likeness (QED) is 0.496. The molecule has 0 radical (unpaired) electrons. The summed E-state index contributed by atoms with van der Waals surface area (Å²) >= 11 is 9.01. The number of hydrogen-bond acceptors (Lipinski definition) is 1. The van der Waals surface area contributed by atoms with Crippen LogP contribution in [0.2, 0.25) is 5.02 Å². The zero-order chi connectivity index (χ0) is 15.8. The predicted octanol–water partition coefficient (Wildman–Crippen LogP) is 5.49. The van der Waals surface area contributed by atoms with E-state index in [1.54, 1.807) is 6.07 Å². The number of carbonyl (C=O) groups excluding carboxylic acids is 1. The van der Waals surface area contributed by atoms with E-state index in [2.05, 4.69) is 15.9 Å². The molecule has 0 aliphatic rings. The number of rotatable bonds is 2. The van der Waals surface area contributed by atoms with Crippen molar-refractivity contribution in [1.82, 2.24) is 0 Å². The van der Waals surface area contributed by atoms with Crippen molar-refractivity contribution in [3.63, 3.8) is 0 Å². The lowest BCUT2D eigenvalue weighted by molar-refractivity contribution is -0.140. The number of alkyl halides is 3. The SMILES string of the molecule is O=C(c1ccc(F)c(C(F)(F)F)c1)c1cc(Br)ccc1Cl. The average molecular weight is 382 g/mol. The largest absolute Gasteiger partial charge is 0.419 e. The van der Waals surface area contributed by atoms with Gasteiger partial charge in [0, 0.05) is 15.6 Å².